The van der Waals surface area contributed by atoms with E-state index in [1.54, 1.807) is 72.8 Å². The zero-order valence-corrected chi connectivity index (χ0v) is 41.0. The maximum absolute atomic E-state index is 14.8. The van der Waals surface area contributed by atoms with Crippen molar-refractivity contribution >= 4 is 53.3 Å². The Morgan fingerprint density at radius 1 is 0.597 bits per heavy atom. The molecule has 0 spiro atoms. The molecule has 7 amide bonds. The number of nitrogens with zero attached hydrogens (tertiary/aromatic N) is 3. The third-order valence-electron chi connectivity index (χ3n) is 11.9. The van der Waals surface area contributed by atoms with E-state index in [1.165, 1.54) is 17.0 Å². The highest BCUT2D eigenvalue weighted by Crippen LogP contribution is 2.21. The zero-order valence-electron chi connectivity index (χ0n) is 41.0. The fourth-order valence-corrected chi connectivity index (χ4v) is 8.19. The third kappa shape index (κ3) is 19.2. The Kier molecular flexibility index (Phi) is 22.7. The SMILES string of the molecule is CC(C)C[C@H](NC(=O)[C@H](CCCN=C(N)N)NC(=O)[C@@H]1CCCN1C(=O)[C@@H](Cc1ccccc1)NC(=O)[C@H](Cc1ccccc1)NC(=O)[C@H](Cc1ccc(O)cc1)NC(=O)[C@@H](N)CCCN=C(N)N)C(N)=O. The minimum Gasteiger partial charge on any atom is -0.508 e. The summed E-state index contributed by atoms with van der Waals surface area (Å²) in [6.07, 6.45) is 1.79. The molecule has 1 aliphatic heterocycles. The molecule has 0 radical (unpaired) electrons. The summed E-state index contributed by atoms with van der Waals surface area (Å²) in [5.41, 5.74) is 35.6. The summed E-state index contributed by atoms with van der Waals surface area (Å²) in [7, 11) is 0. The van der Waals surface area contributed by atoms with E-state index in [1.807, 2.05) is 13.8 Å². The van der Waals surface area contributed by atoms with Gasteiger partial charge in [-0.05, 0) is 79.7 Å². The van der Waals surface area contributed by atoms with Crippen LogP contribution in [0, 0.1) is 5.92 Å². The number of nitrogens with two attached hydrogens (primary N) is 6. The van der Waals surface area contributed by atoms with Crippen LogP contribution >= 0.6 is 0 Å². The van der Waals surface area contributed by atoms with Crippen molar-refractivity contribution in [3.8, 4) is 5.75 Å². The summed E-state index contributed by atoms with van der Waals surface area (Å²) in [5.74, 6) is -4.95. The molecule has 3 aromatic rings. The van der Waals surface area contributed by atoms with E-state index in [2.05, 4.69) is 36.6 Å². The molecule has 4 rings (SSSR count). The number of likely N-dealkylation sites (tertiary alicyclic amines) is 1. The largest absolute Gasteiger partial charge is 0.508 e. The van der Waals surface area contributed by atoms with Gasteiger partial charge in [0.2, 0.25) is 41.4 Å². The molecule has 0 saturated carbocycles. The maximum Gasteiger partial charge on any atom is 0.246 e. The van der Waals surface area contributed by atoms with Gasteiger partial charge < -0.3 is 71.0 Å². The van der Waals surface area contributed by atoms with Gasteiger partial charge >= 0.3 is 0 Å². The van der Waals surface area contributed by atoms with Gasteiger partial charge in [0, 0.05) is 38.9 Å². The first-order valence-corrected chi connectivity index (χ1v) is 24.1. The van der Waals surface area contributed by atoms with E-state index in [0.29, 0.717) is 29.5 Å². The summed E-state index contributed by atoms with van der Waals surface area (Å²) in [4.78, 5) is 107. The van der Waals surface area contributed by atoms with Gasteiger partial charge in [-0.2, -0.15) is 0 Å². The van der Waals surface area contributed by atoms with Gasteiger partial charge in [-0.15, -0.1) is 0 Å². The predicted molar refractivity (Wildman–Crippen MR) is 273 cm³/mol. The molecule has 390 valence electrons. The van der Waals surface area contributed by atoms with E-state index in [4.69, 9.17) is 34.4 Å². The number of carbonyl (C=O) groups excluding carboxylic acids is 7. The van der Waals surface area contributed by atoms with Crippen molar-refractivity contribution in [2.24, 2.45) is 50.3 Å². The van der Waals surface area contributed by atoms with Gasteiger partial charge in [0.25, 0.3) is 0 Å². The standard InChI is InChI=1S/C50H72N14O8/c1-30(2)26-37(42(52)66)60-44(68)36(17-10-24-58-50(55)56)59-47(71)41-18-11-25-64(41)48(72)40(29-32-14-7-4-8-15-32)63-46(70)39(27-31-12-5-3-6-13-31)62-45(69)38(28-33-19-21-34(65)22-20-33)61-43(67)35(51)16-9-23-57-49(53)54/h3-8,12-15,19-22,30,35-41,65H,9-11,16-18,23-29,51H2,1-2H3,(H2,52,66)(H,59,71)(H,60,68)(H,61,67)(H,62,69)(H,63,70)(H4,53,54,57)(H4,55,56,58)/t35-,36-,37-,38-,39-,40+,41-/m0/s1. The fraction of sp³-hybridized carbons (Fsp3) is 0.460. The molecule has 3 aromatic carbocycles. The molecule has 1 saturated heterocycles. The van der Waals surface area contributed by atoms with Crippen molar-refractivity contribution in [1.82, 2.24) is 31.5 Å². The smallest absolute Gasteiger partial charge is 0.246 e. The van der Waals surface area contributed by atoms with Crippen molar-refractivity contribution in [1.29, 1.82) is 0 Å². The topological polar surface area (TPSA) is 384 Å². The average Bonchev–Trinajstić information content (AvgIpc) is 3.84. The van der Waals surface area contributed by atoms with Crippen LogP contribution in [0.15, 0.2) is 94.9 Å². The maximum atomic E-state index is 14.8. The van der Waals surface area contributed by atoms with Crippen LogP contribution in [0.5, 0.6) is 5.75 Å². The number of carbonyl (C=O) groups is 7. The molecule has 0 unspecified atom stereocenters. The molecular formula is C50H72N14O8. The second-order valence-corrected chi connectivity index (χ2v) is 18.3. The number of phenolic OH excluding ortho intramolecular Hbond substituents is 1. The van der Waals surface area contributed by atoms with Crippen LogP contribution < -0.4 is 61.0 Å². The summed E-state index contributed by atoms with van der Waals surface area (Å²) >= 11 is 0. The quantitative estimate of drug-likeness (QED) is 0.0231. The minimum absolute atomic E-state index is 0.00302. The molecule has 22 nitrogen and oxygen atoms in total. The molecule has 0 aromatic heterocycles. The lowest BCUT2D eigenvalue weighted by molar-refractivity contribution is -0.142. The van der Waals surface area contributed by atoms with Crippen molar-refractivity contribution < 1.29 is 38.7 Å². The van der Waals surface area contributed by atoms with E-state index in [-0.39, 0.29) is 94.6 Å². The van der Waals surface area contributed by atoms with Gasteiger partial charge in [-0.1, -0.05) is 86.6 Å². The number of amides is 7. The first kappa shape index (κ1) is 56.8. The number of hydrogen-bond acceptors (Lipinski definition) is 11. The van der Waals surface area contributed by atoms with Crippen molar-refractivity contribution in [3.05, 3.63) is 102 Å². The molecule has 18 N–H and O–H groups in total. The number of benzene rings is 3. The van der Waals surface area contributed by atoms with Crippen LogP contribution in [-0.2, 0) is 52.8 Å². The molecule has 1 aliphatic rings. The normalized spacial score (nSPS) is 15.6. The fourth-order valence-electron chi connectivity index (χ4n) is 8.19. The van der Waals surface area contributed by atoms with Crippen molar-refractivity contribution in [2.75, 3.05) is 19.6 Å². The molecule has 1 heterocycles. The number of primary amides is 1. The summed E-state index contributed by atoms with van der Waals surface area (Å²) in [6.45, 7) is 4.27. The average molecular weight is 997 g/mol. The highest BCUT2D eigenvalue weighted by molar-refractivity contribution is 5.97. The molecule has 22 heteroatoms. The second-order valence-electron chi connectivity index (χ2n) is 18.3. The summed E-state index contributed by atoms with van der Waals surface area (Å²) in [5, 5.41) is 23.8. The van der Waals surface area contributed by atoms with Crippen molar-refractivity contribution in [2.45, 2.75) is 120 Å². The van der Waals surface area contributed by atoms with Crippen LogP contribution in [-0.4, -0.2) is 125 Å². The zero-order chi connectivity index (χ0) is 52.7. The lowest BCUT2D eigenvalue weighted by Crippen LogP contribution is -2.60. The van der Waals surface area contributed by atoms with Crippen LogP contribution in [0.2, 0.25) is 0 Å². The van der Waals surface area contributed by atoms with Crippen LogP contribution in [0.4, 0.5) is 0 Å². The lowest BCUT2D eigenvalue weighted by atomic mass is 10.00. The van der Waals surface area contributed by atoms with Crippen LogP contribution in [0.1, 0.15) is 75.5 Å². The minimum atomic E-state index is -1.30. The van der Waals surface area contributed by atoms with Gasteiger partial charge in [0.05, 0.1) is 6.04 Å². The van der Waals surface area contributed by atoms with E-state index in [9.17, 15) is 38.7 Å². The number of hydrogen-bond donors (Lipinski definition) is 12. The van der Waals surface area contributed by atoms with Crippen LogP contribution in [0.25, 0.3) is 0 Å². The Morgan fingerprint density at radius 3 is 1.57 bits per heavy atom. The predicted octanol–water partition coefficient (Wildman–Crippen LogP) is -1.20. The Labute approximate surface area is 419 Å². The summed E-state index contributed by atoms with van der Waals surface area (Å²) in [6, 6.07) is 15.8. The molecular weight excluding hydrogens is 925 g/mol. The molecule has 0 aliphatic carbocycles. The highest BCUT2D eigenvalue weighted by Gasteiger charge is 2.40. The Bertz CT molecular complexity index is 2330. The Hall–Kier alpha value is -7.75. The molecule has 1 fully saturated rings. The third-order valence-corrected chi connectivity index (χ3v) is 11.9. The molecule has 72 heavy (non-hydrogen) atoms. The van der Waals surface area contributed by atoms with Crippen LogP contribution in [0.3, 0.4) is 0 Å². The lowest BCUT2D eigenvalue weighted by Gasteiger charge is -2.31. The number of aliphatic imine (C=N–C) groups is 2. The highest BCUT2D eigenvalue weighted by atomic mass is 16.3. The van der Waals surface area contributed by atoms with E-state index < -0.39 is 83.6 Å². The Balaban J connectivity index is 1.62. The summed E-state index contributed by atoms with van der Waals surface area (Å²) < 4.78 is 0. The number of aromatic hydroxyl groups is 1. The van der Waals surface area contributed by atoms with Gasteiger partial charge in [-0.3, -0.25) is 43.5 Å². The first-order valence-electron chi connectivity index (χ1n) is 24.1. The van der Waals surface area contributed by atoms with E-state index in [0.717, 1.165) is 0 Å². The number of phenols is 1. The van der Waals surface area contributed by atoms with Gasteiger partial charge in [-0.25, -0.2) is 0 Å². The Morgan fingerprint density at radius 2 is 1.06 bits per heavy atom. The molecule has 7 atom stereocenters. The number of rotatable bonds is 28. The van der Waals surface area contributed by atoms with Crippen molar-refractivity contribution in [3.63, 3.8) is 0 Å². The number of guanidine groups is 2. The number of nitrogens with one attached hydrogen (secondary N) is 5. The molecule has 0 bridgehead atoms. The van der Waals surface area contributed by atoms with Gasteiger partial charge in [0.15, 0.2) is 11.9 Å². The van der Waals surface area contributed by atoms with Gasteiger partial charge in [0.1, 0.15) is 42.0 Å². The monoisotopic (exact) mass is 997 g/mol. The second kappa shape index (κ2) is 28.8. The van der Waals surface area contributed by atoms with E-state index >= 15 is 0 Å². The first-order chi connectivity index (χ1) is 34.3.